The fourth-order valence-corrected chi connectivity index (χ4v) is 5.25. The number of amides is 1. The lowest BCUT2D eigenvalue weighted by molar-refractivity contribution is -0.192. The van der Waals surface area contributed by atoms with Crippen molar-refractivity contribution < 1.29 is 32.6 Å². The Kier molecular flexibility index (Phi) is 7.92. The summed E-state index contributed by atoms with van der Waals surface area (Å²) in [6, 6.07) is 0. The number of aliphatic carboxylic acids is 1. The van der Waals surface area contributed by atoms with Gasteiger partial charge in [-0.2, -0.15) is 13.2 Å². The predicted octanol–water partition coefficient (Wildman–Crippen LogP) is 3.30. The Balaban J connectivity index is 0.000000339. The fourth-order valence-electron chi connectivity index (χ4n) is 4.60. The van der Waals surface area contributed by atoms with Crippen LogP contribution in [0.2, 0.25) is 0 Å². The molecule has 11 heteroatoms. The first-order valence-corrected chi connectivity index (χ1v) is 11.4. The van der Waals surface area contributed by atoms with Crippen LogP contribution in [0.15, 0.2) is 11.6 Å². The van der Waals surface area contributed by atoms with E-state index in [4.69, 9.17) is 14.6 Å². The molecule has 0 radical (unpaired) electrons. The quantitative estimate of drug-likeness (QED) is 0.738. The van der Waals surface area contributed by atoms with Gasteiger partial charge in [0.2, 0.25) is 5.91 Å². The molecular formula is C20H28F3N3O4S. The number of carbonyl (C=O) groups is 2. The van der Waals surface area contributed by atoms with E-state index in [0.29, 0.717) is 5.91 Å². The number of likely N-dealkylation sites (tertiary alicyclic amines) is 2. The van der Waals surface area contributed by atoms with Crippen molar-refractivity contribution in [3.8, 4) is 0 Å². The smallest absolute Gasteiger partial charge is 0.475 e. The average molecular weight is 464 g/mol. The number of rotatable bonds is 4. The molecule has 3 fully saturated rings. The lowest BCUT2D eigenvalue weighted by Gasteiger charge is -2.39. The van der Waals surface area contributed by atoms with Crippen molar-refractivity contribution in [3.63, 3.8) is 0 Å². The topological polar surface area (TPSA) is 83.0 Å². The maximum atomic E-state index is 12.5. The molecule has 4 rings (SSSR count). The van der Waals surface area contributed by atoms with Gasteiger partial charge in [-0.25, -0.2) is 9.78 Å². The normalized spacial score (nSPS) is 27.3. The van der Waals surface area contributed by atoms with Gasteiger partial charge in [0.1, 0.15) is 5.01 Å². The molecule has 3 saturated heterocycles. The Labute approximate surface area is 183 Å². The number of aromatic nitrogens is 1. The molecule has 0 saturated carbocycles. The van der Waals surface area contributed by atoms with E-state index in [1.54, 1.807) is 11.3 Å². The van der Waals surface area contributed by atoms with E-state index in [-0.39, 0.29) is 11.6 Å². The second kappa shape index (κ2) is 10.3. The van der Waals surface area contributed by atoms with Crippen molar-refractivity contribution in [2.24, 2.45) is 0 Å². The number of carbonyl (C=O) groups excluding carboxylic acids is 1. The van der Waals surface area contributed by atoms with E-state index in [1.807, 2.05) is 11.6 Å². The number of hydrogen-bond acceptors (Lipinski definition) is 6. The van der Waals surface area contributed by atoms with Gasteiger partial charge in [0.15, 0.2) is 0 Å². The molecule has 1 N–H and O–H groups in total. The largest absolute Gasteiger partial charge is 0.490 e. The summed E-state index contributed by atoms with van der Waals surface area (Å²) in [5.74, 6) is -2.41. The van der Waals surface area contributed by atoms with E-state index in [1.165, 1.54) is 11.4 Å². The molecule has 7 nitrogen and oxygen atoms in total. The van der Waals surface area contributed by atoms with Crippen LogP contribution in [-0.4, -0.2) is 75.8 Å². The number of halogens is 3. The van der Waals surface area contributed by atoms with Gasteiger partial charge >= 0.3 is 12.1 Å². The molecular weight excluding hydrogens is 435 g/mol. The van der Waals surface area contributed by atoms with Crippen LogP contribution in [0.3, 0.4) is 0 Å². The number of carboxylic acids is 1. The van der Waals surface area contributed by atoms with Gasteiger partial charge in [0.05, 0.1) is 12.6 Å². The molecule has 0 aromatic carbocycles. The Morgan fingerprint density at radius 2 is 2.06 bits per heavy atom. The lowest BCUT2D eigenvalue weighted by Crippen LogP contribution is -2.49. The minimum atomic E-state index is -5.08. The first kappa shape index (κ1) is 23.9. The van der Waals surface area contributed by atoms with E-state index in [9.17, 15) is 18.0 Å². The van der Waals surface area contributed by atoms with Crippen molar-refractivity contribution in [2.75, 3.05) is 26.2 Å². The maximum Gasteiger partial charge on any atom is 0.490 e. The summed E-state index contributed by atoms with van der Waals surface area (Å²) in [5.41, 5.74) is 0.0840. The van der Waals surface area contributed by atoms with Crippen molar-refractivity contribution in [1.29, 1.82) is 0 Å². The highest BCUT2D eigenvalue weighted by Crippen LogP contribution is 2.40. The first-order chi connectivity index (χ1) is 14.7. The minimum absolute atomic E-state index is 0.0840. The molecule has 2 unspecified atom stereocenters. The van der Waals surface area contributed by atoms with Crippen molar-refractivity contribution in [3.05, 3.63) is 16.6 Å². The summed E-state index contributed by atoms with van der Waals surface area (Å²) in [4.78, 5) is 30.6. The Bertz CT molecular complexity index is 741. The SMILES string of the molecule is O=C(O)C(F)(F)F.O=C1CCC2(CCCN(Cc3nccs3)CC2)N1CC1CCCO1. The zero-order valence-electron chi connectivity index (χ0n) is 17.3. The van der Waals surface area contributed by atoms with Crippen LogP contribution in [-0.2, 0) is 20.9 Å². The van der Waals surface area contributed by atoms with Crippen LogP contribution in [0, 0.1) is 0 Å². The highest BCUT2D eigenvalue weighted by atomic mass is 32.1. The summed E-state index contributed by atoms with van der Waals surface area (Å²) in [5, 5.41) is 10.4. The molecule has 174 valence electrons. The number of thiazole rings is 1. The van der Waals surface area contributed by atoms with Gasteiger partial charge < -0.3 is 14.7 Å². The van der Waals surface area contributed by atoms with E-state index < -0.39 is 12.1 Å². The second-order valence-corrected chi connectivity index (χ2v) is 9.20. The molecule has 0 bridgehead atoms. The molecule has 4 heterocycles. The Hall–Kier alpha value is -1.72. The van der Waals surface area contributed by atoms with Crippen LogP contribution < -0.4 is 0 Å². The molecule has 1 spiro atoms. The summed E-state index contributed by atoms with van der Waals surface area (Å²) in [7, 11) is 0. The Morgan fingerprint density at radius 3 is 2.68 bits per heavy atom. The van der Waals surface area contributed by atoms with Gasteiger partial charge in [0, 0.05) is 43.2 Å². The van der Waals surface area contributed by atoms with Crippen LogP contribution in [0.25, 0.3) is 0 Å². The molecule has 1 amide bonds. The fraction of sp³-hybridized carbons (Fsp3) is 0.750. The highest BCUT2D eigenvalue weighted by Gasteiger charge is 2.46. The van der Waals surface area contributed by atoms with E-state index >= 15 is 0 Å². The number of alkyl halides is 3. The van der Waals surface area contributed by atoms with E-state index in [0.717, 1.165) is 71.3 Å². The standard InChI is InChI=1S/C18H27N3O2S.C2HF3O2/c22-17-4-6-18(21(17)13-15-3-1-11-23-15)5-2-9-20(10-7-18)14-16-19-8-12-24-16;3-2(4,5)1(6)7/h8,12,15H,1-7,9-11,13-14H2;(H,6,7). The third-order valence-electron chi connectivity index (χ3n) is 6.18. The van der Waals surface area contributed by atoms with Crippen LogP contribution >= 0.6 is 11.3 Å². The number of carboxylic acid groups (broad SMARTS) is 1. The van der Waals surface area contributed by atoms with Gasteiger partial charge in [-0.3, -0.25) is 9.69 Å². The van der Waals surface area contributed by atoms with Gasteiger partial charge in [-0.15, -0.1) is 11.3 Å². The molecule has 3 aliphatic heterocycles. The third kappa shape index (κ3) is 6.39. The van der Waals surface area contributed by atoms with Gasteiger partial charge in [-0.1, -0.05) is 0 Å². The monoisotopic (exact) mass is 463 g/mol. The zero-order valence-corrected chi connectivity index (χ0v) is 18.1. The van der Waals surface area contributed by atoms with Crippen LogP contribution in [0.5, 0.6) is 0 Å². The van der Waals surface area contributed by atoms with Crippen LogP contribution in [0.4, 0.5) is 13.2 Å². The second-order valence-electron chi connectivity index (χ2n) is 8.22. The molecule has 31 heavy (non-hydrogen) atoms. The third-order valence-corrected chi connectivity index (χ3v) is 6.95. The first-order valence-electron chi connectivity index (χ1n) is 10.5. The van der Waals surface area contributed by atoms with Gasteiger partial charge in [0.25, 0.3) is 0 Å². The molecule has 1 aromatic heterocycles. The van der Waals surface area contributed by atoms with Crippen LogP contribution in [0.1, 0.15) is 50.0 Å². The van der Waals surface area contributed by atoms with Crippen molar-refractivity contribution >= 4 is 23.2 Å². The van der Waals surface area contributed by atoms with E-state index in [2.05, 4.69) is 14.8 Å². The lowest BCUT2D eigenvalue weighted by atomic mass is 9.87. The summed E-state index contributed by atoms with van der Waals surface area (Å²) >= 11 is 1.74. The summed E-state index contributed by atoms with van der Waals surface area (Å²) in [6.07, 6.45) is 4.47. The van der Waals surface area contributed by atoms with Crippen molar-refractivity contribution in [2.45, 2.75) is 69.3 Å². The maximum absolute atomic E-state index is 12.5. The average Bonchev–Trinajstić information content (AvgIpc) is 3.43. The molecule has 2 atom stereocenters. The highest BCUT2D eigenvalue weighted by molar-refractivity contribution is 7.09. The van der Waals surface area contributed by atoms with Crippen molar-refractivity contribution in [1.82, 2.24) is 14.8 Å². The number of nitrogens with zero attached hydrogens (tertiary/aromatic N) is 3. The van der Waals surface area contributed by atoms with Gasteiger partial charge in [-0.05, 0) is 45.1 Å². The predicted molar refractivity (Wildman–Crippen MR) is 108 cm³/mol. The number of hydrogen-bond donors (Lipinski definition) is 1. The summed E-state index contributed by atoms with van der Waals surface area (Å²) < 4.78 is 37.5. The minimum Gasteiger partial charge on any atom is -0.475 e. The summed E-state index contributed by atoms with van der Waals surface area (Å²) in [6.45, 7) is 4.80. The molecule has 1 aromatic rings. The number of ether oxygens (including phenoxy) is 1. The molecule has 3 aliphatic rings. The zero-order chi connectivity index (χ0) is 22.5. The Morgan fingerprint density at radius 1 is 1.29 bits per heavy atom. The molecule has 0 aliphatic carbocycles.